The van der Waals surface area contributed by atoms with Crippen LogP contribution in [0, 0.1) is 5.92 Å². The highest BCUT2D eigenvalue weighted by molar-refractivity contribution is 5.97. The van der Waals surface area contributed by atoms with Crippen molar-refractivity contribution in [1.82, 2.24) is 0 Å². The van der Waals surface area contributed by atoms with Gasteiger partial charge in [-0.05, 0) is 50.6 Å². The van der Waals surface area contributed by atoms with Crippen LogP contribution in [0.5, 0.6) is 0 Å². The minimum Gasteiger partial charge on any atom is -0.377 e. The van der Waals surface area contributed by atoms with Crippen LogP contribution in [0.3, 0.4) is 0 Å². The largest absolute Gasteiger partial charge is 0.377 e. The van der Waals surface area contributed by atoms with Crippen molar-refractivity contribution >= 4 is 11.5 Å². The highest BCUT2D eigenvalue weighted by atomic mass is 16.5. The van der Waals surface area contributed by atoms with Gasteiger partial charge < -0.3 is 15.4 Å². The van der Waals surface area contributed by atoms with Gasteiger partial charge in [-0.2, -0.15) is 0 Å². The molecule has 3 atom stereocenters. The average molecular weight is 383 g/mol. The summed E-state index contributed by atoms with van der Waals surface area (Å²) in [5, 5.41) is 0. The van der Waals surface area contributed by atoms with Gasteiger partial charge in [-0.15, -0.1) is 0 Å². The first-order chi connectivity index (χ1) is 13.3. The smallest absolute Gasteiger partial charge is 0.165 e. The molecule has 1 saturated heterocycles. The molecule has 1 fully saturated rings. The summed E-state index contributed by atoms with van der Waals surface area (Å²) in [5.41, 5.74) is 8.77. The van der Waals surface area contributed by atoms with E-state index in [-0.39, 0.29) is 17.7 Å². The van der Waals surface area contributed by atoms with E-state index in [1.165, 1.54) is 11.3 Å². The van der Waals surface area contributed by atoms with Crippen LogP contribution in [0.2, 0.25) is 0 Å². The Morgan fingerprint density at radius 3 is 1.93 bits per heavy atom. The van der Waals surface area contributed by atoms with Gasteiger partial charge in [0.2, 0.25) is 0 Å². The maximum absolute atomic E-state index is 11.9. The van der Waals surface area contributed by atoms with Crippen molar-refractivity contribution in [3.05, 3.63) is 65.7 Å². The Kier molecular flexibility index (Phi) is 8.21. The molecule has 4 heteroatoms. The van der Waals surface area contributed by atoms with Crippen molar-refractivity contribution < 1.29 is 9.53 Å². The van der Waals surface area contributed by atoms with E-state index in [1.54, 1.807) is 0 Å². The molecule has 2 N–H and O–H groups in total. The third-order valence-electron chi connectivity index (χ3n) is 4.97. The van der Waals surface area contributed by atoms with Crippen molar-refractivity contribution in [1.29, 1.82) is 0 Å². The predicted molar refractivity (Wildman–Crippen MR) is 117 cm³/mol. The molecule has 1 aliphatic rings. The van der Waals surface area contributed by atoms with Gasteiger partial charge in [-0.3, -0.25) is 4.79 Å². The minimum atomic E-state index is 0.0482. The zero-order valence-corrected chi connectivity index (χ0v) is 17.8. The normalized spacial score (nSPS) is 20.3. The van der Waals surface area contributed by atoms with E-state index < -0.39 is 0 Å². The van der Waals surface area contributed by atoms with Crippen molar-refractivity contribution in [2.24, 2.45) is 11.7 Å². The summed E-state index contributed by atoms with van der Waals surface area (Å²) < 4.78 is 5.54. The summed E-state index contributed by atoms with van der Waals surface area (Å²) in [4.78, 5) is 14.3. The maximum atomic E-state index is 11.9. The second kappa shape index (κ2) is 10.4. The van der Waals surface area contributed by atoms with Gasteiger partial charge in [-0.25, -0.2) is 0 Å². The van der Waals surface area contributed by atoms with Crippen LogP contribution in [0.15, 0.2) is 54.6 Å². The molecule has 0 amide bonds. The fraction of sp³-hybridized carbons (Fsp3) is 0.458. The van der Waals surface area contributed by atoms with Gasteiger partial charge in [-0.1, -0.05) is 44.2 Å². The van der Waals surface area contributed by atoms with Crippen molar-refractivity contribution in [3.8, 4) is 0 Å². The average Bonchev–Trinajstić information content (AvgIpc) is 2.69. The lowest BCUT2D eigenvalue weighted by atomic mass is 10.0. The minimum absolute atomic E-state index is 0.0482. The molecule has 2 aromatic rings. The summed E-state index contributed by atoms with van der Waals surface area (Å²) in [6, 6.07) is 18.9. The molecule has 2 aromatic carbocycles. The molecule has 3 unspecified atom stereocenters. The molecular weight excluding hydrogens is 348 g/mol. The fourth-order valence-corrected chi connectivity index (χ4v) is 3.40. The molecule has 1 aliphatic heterocycles. The lowest BCUT2D eigenvalue weighted by molar-refractivity contribution is 0.0757. The van der Waals surface area contributed by atoms with Gasteiger partial charge >= 0.3 is 0 Å². The summed E-state index contributed by atoms with van der Waals surface area (Å²) in [6.45, 7) is 11.7. The lowest BCUT2D eigenvalue weighted by Crippen LogP contribution is -2.49. The molecule has 0 radical (unpaired) electrons. The molecule has 0 saturated carbocycles. The first kappa shape index (κ1) is 22.1. The van der Waals surface area contributed by atoms with Crippen LogP contribution in [-0.4, -0.2) is 31.1 Å². The van der Waals surface area contributed by atoms with Crippen LogP contribution in [0.1, 0.15) is 56.6 Å². The second-order valence-corrected chi connectivity index (χ2v) is 7.91. The summed E-state index contributed by atoms with van der Waals surface area (Å²) in [5.74, 6) is 0.252. The maximum Gasteiger partial charge on any atom is 0.165 e. The molecule has 0 spiro atoms. The quantitative estimate of drug-likeness (QED) is 0.769. The van der Waals surface area contributed by atoms with Crippen molar-refractivity contribution in [2.75, 3.05) is 18.1 Å². The molecule has 28 heavy (non-hydrogen) atoms. The number of nitrogens with zero attached hydrogens (tertiary/aromatic N) is 1. The van der Waals surface area contributed by atoms with E-state index in [4.69, 9.17) is 10.5 Å². The van der Waals surface area contributed by atoms with E-state index in [0.717, 1.165) is 18.8 Å². The van der Waals surface area contributed by atoms with E-state index in [2.05, 4.69) is 18.7 Å². The van der Waals surface area contributed by atoms with Gasteiger partial charge in [0, 0.05) is 35.3 Å². The number of benzene rings is 2. The molecular formula is C24H34N2O2. The van der Waals surface area contributed by atoms with Crippen molar-refractivity contribution in [3.63, 3.8) is 0 Å². The number of carbonyl (C=O) groups excluding carboxylic acids is 1. The fourth-order valence-electron chi connectivity index (χ4n) is 3.40. The van der Waals surface area contributed by atoms with E-state index in [9.17, 15) is 4.79 Å². The summed E-state index contributed by atoms with van der Waals surface area (Å²) >= 11 is 0. The number of ketones is 1. The number of anilines is 1. The first-order valence-electron chi connectivity index (χ1n) is 10.1. The van der Waals surface area contributed by atoms with Crippen LogP contribution in [0.25, 0.3) is 0 Å². The van der Waals surface area contributed by atoms with Gasteiger partial charge in [0.1, 0.15) is 0 Å². The number of nitrogens with two attached hydrogens (primary N) is 1. The lowest BCUT2D eigenvalue weighted by Gasteiger charge is -2.40. The Hall–Kier alpha value is -2.17. The van der Waals surface area contributed by atoms with Crippen LogP contribution >= 0.6 is 0 Å². The van der Waals surface area contributed by atoms with Gasteiger partial charge in [0.05, 0.1) is 13.2 Å². The first-order valence-corrected chi connectivity index (χ1v) is 10.1. The molecule has 0 bridgehead atoms. The van der Waals surface area contributed by atoms with E-state index in [1.807, 2.05) is 75.4 Å². The third-order valence-corrected chi connectivity index (χ3v) is 4.97. The number of ether oxygens (including phenoxy) is 1. The number of carbonyl (C=O) groups is 1. The Morgan fingerprint density at radius 1 is 0.964 bits per heavy atom. The highest BCUT2D eigenvalue weighted by Crippen LogP contribution is 2.24. The third kappa shape index (κ3) is 5.91. The number of rotatable bonds is 4. The van der Waals surface area contributed by atoms with Gasteiger partial charge in [0.25, 0.3) is 0 Å². The van der Waals surface area contributed by atoms with Crippen molar-refractivity contribution in [2.45, 2.75) is 52.7 Å². The Balaban J connectivity index is 0.000000261. The molecule has 152 valence electrons. The monoisotopic (exact) mass is 382 g/mol. The highest BCUT2D eigenvalue weighted by Gasteiger charge is 2.25. The van der Waals surface area contributed by atoms with Crippen LogP contribution in [-0.2, 0) is 4.74 Å². The number of morpholine rings is 1. The van der Waals surface area contributed by atoms with Gasteiger partial charge in [0.15, 0.2) is 5.78 Å². The molecule has 3 rings (SSSR count). The summed E-state index contributed by atoms with van der Waals surface area (Å²) in [6.07, 6.45) is 0. The summed E-state index contributed by atoms with van der Waals surface area (Å²) in [7, 11) is 0. The SMILES string of the molecule is CC(C)C(=O)c1ccc(N2C(C)COCC2C)cc1.CC(N)c1ccccc1. The van der Waals surface area contributed by atoms with Crippen LogP contribution < -0.4 is 10.6 Å². The zero-order valence-electron chi connectivity index (χ0n) is 17.8. The topological polar surface area (TPSA) is 55.6 Å². The Bertz CT molecular complexity index is 716. The van der Waals surface area contributed by atoms with E-state index >= 15 is 0 Å². The number of Topliss-reactive ketones (excluding diaryl/α,β-unsaturated/α-hetero) is 1. The molecule has 4 nitrogen and oxygen atoms in total. The standard InChI is InChI=1S/C16H23NO2.C8H11N/c1-11(2)16(18)14-5-7-15(8-6-14)17-12(3)9-19-10-13(17)4;1-7(9)8-5-3-2-4-6-8/h5-8,11-13H,9-10H2,1-4H3;2-7H,9H2,1H3. The number of hydrogen-bond acceptors (Lipinski definition) is 4. The number of hydrogen-bond donors (Lipinski definition) is 1. The zero-order chi connectivity index (χ0) is 20.7. The Labute approximate surface area is 169 Å². The van der Waals surface area contributed by atoms with Crippen LogP contribution in [0.4, 0.5) is 5.69 Å². The second-order valence-electron chi connectivity index (χ2n) is 7.91. The molecule has 0 aliphatic carbocycles. The molecule has 0 aromatic heterocycles. The Morgan fingerprint density at radius 2 is 1.50 bits per heavy atom. The predicted octanol–water partition coefficient (Wildman–Crippen LogP) is 4.85. The molecule has 1 heterocycles. The van der Waals surface area contributed by atoms with E-state index in [0.29, 0.717) is 12.1 Å².